The Morgan fingerprint density at radius 2 is 1.73 bits per heavy atom. The highest BCUT2D eigenvalue weighted by Crippen LogP contribution is 2.28. The number of hydrogen-bond donors (Lipinski definition) is 1. The summed E-state index contributed by atoms with van der Waals surface area (Å²) in [6.07, 6.45) is 4.27. The second-order valence-electron chi connectivity index (χ2n) is 6.82. The van der Waals surface area contributed by atoms with Crippen LogP contribution in [0.4, 0.5) is 0 Å². The Morgan fingerprint density at radius 3 is 2.37 bits per heavy atom. The monoisotopic (exact) mass is 408 g/mol. The van der Waals surface area contributed by atoms with Crippen LogP contribution in [0.1, 0.15) is 30.5 Å². The molecule has 1 atom stereocenters. The molecule has 0 aliphatic carbocycles. The third kappa shape index (κ3) is 5.35. The first-order chi connectivity index (χ1) is 14.6. The minimum atomic E-state index is -0.0965. The van der Waals surface area contributed by atoms with Crippen molar-refractivity contribution in [3.8, 4) is 17.2 Å². The standard InChI is InChI=1S/C24H28N2O4/c1-4-30-22-12-7-18(15-23(22)29-3)17-25-24(27)16-21(26-13-5-6-14-26)19-8-10-20(28-2)11-9-19/h5-15,21H,4,16-17H2,1-3H3,(H,25,27). The number of rotatable bonds is 10. The lowest BCUT2D eigenvalue weighted by Gasteiger charge is -2.20. The average molecular weight is 408 g/mol. The molecule has 0 aliphatic rings. The topological polar surface area (TPSA) is 61.7 Å². The van der Waals surface area contributed by atoms with E-state index in [9.17, 15) is 4.79 Å². The van der Waals surface area contributed by atoms with Gasteiger partial charge in [0.25, 0.3) is 0 Å². The van der Waals surface area contributed by atoms with Crippen LogP contribution in [0.2, 0.25) is 0 Å². The Kier molecular flexibility index (Phi) is 7.38. The molecule has 3 rings (SSSR count). The summed E-state index contributed by atoms with van der Waals surface area (Å²) in [5, 5.41) is 3.01. The van der Waals surface area contributed by atoms with Crippen LogP contribution >= 0.6 is 0 Å². The molecule has 6 nitrogen and oxygen atoms in total. The Bertz CT molecular complexity index is 936. The fraction of sp³-hybridized carbons (Fsp3) is 0.292. The molecule has 1 amide bonds. The lowest BCUT2D eigenvalue weighted by molar-refractivity contribution is -0.121. The van der Waals surface area contributed by atoms with Crippen molar-refractivity contribution in [3.63, 3.8) is 0 Å². The lowest BCUT2D eigenvalue weighted by atomic mass is 10.0. The smallest absolute Gasteiger partial charge is 0.222 e. The predicted octanol–water partition coefficient (Wildman–Crippen LogP) is 4.20. The molecular weight excluding hydrogens is 380 g/mol. The van der Waals surface area contributed by atoms with E-state index in [4.69, 9.17) is 14.2 Å². The van der Waals surface area contributed by atoms with Gasteiger partial charge in [-0.15, -0.1) is 0 Å². The number of benzene rings is 2. The summed E-state index contributed by atoms with van der Waals surface area (Å²) in [6, 6.07) is 17.3. The molecule has 0 fully saturated rings. The Morgan fingerprint density at radius 1 is 1.00 bits per heavy atom. The average Bonchev–Trinajstić information content (AvgIpc) is 3.31. The molecule has 0 bridgehead atoms. The summed E-state index contributed by atoms with van der Waals surface area (Å²) in [4.78, 5) is 12.7. The molecule has 1 aromatic heterocycles. The Balaban J connectivity index is 1.67. The van der Waals surface area contributed by atoms with Gasteiger partial charge >= 0.3 is 0 Å². The number of hydrogen-bond acceptors (Lipinski definition) is 4. The van der Waals surface area contributed by atoms with Crippen LogP contribution < -0.4 is 19.5 Å². The number of nitrogens with zero attached hydrogens (tertiary/aromatic N) is 1. The van der Waals surface area contributed by atoms with E-state index in [1.54, 1.807) is 14.2 Å². The first-order valence-electron chi connectivity index (χ1n) is 9.97. The number of carbonyl (C=O) groups excluding carboxylic acids is 1. The van der Waals surface area contributed by atoms with E-state index in [0.717, 1.165) is 16.9 Å². The molecule has 0 radical (unpaired) electrons. The molecule has 2 aromatic carbocycles. The van der Waals surface area contributed by atoms with E-state index in [-0.39, 0.29) is 11.9 Å². The molecule has 1 unspecified atom stereocenters. The summed E-state index contributed by atoms with van der Waals surface area (Å²) in [5.74, 6) is 2.12. The van der Waals surface area contributed by atoms with Crippen LogP contribution in [0.3, 0.4) is 0 Å². The second-order valence-corrected chi connectivity index (χ2v) is 6.82. The molecule has 0 saturated heterocycles. The van der Waals surface area contributed by atoms with Crippen molar-refractivity contribution in [1.82, 2.24) is 9.88 Å². The minimum absolute atomic E-state index is 0.0302. The van der Waals surface area contributed by atoms with Crippen LogP contribution in [-0.4, -0.2) is 31.3 Å². The largest absolute Gasteiger partial charge is 0.497 e. The Hall–Kier alpha value is -3.41. The van der Waals surface area contributed by atoms with Gasteiger partial charge in [-0.25, -0.2) is 0 Å². The van der Waals surface area contributed by atoms with Crippen molar-refractivity contribution in [1.29, 1.82) is 0 Å². The van der Waals surface area contributed by atoms with E-state index in [2.05, 4.69) is 5.32 Å². The minimum Gasteiger partial charge on any atom is -0.497 e. The first kappa shape index (κ1) is 21.3. The van der Waals surface area contributed by atoms with E-state index in [0.29, 0.717) is 31.1 Å². The molecule has 0 spiro atoms. The number of carbonyl (C=O) groups is 1. The van der Waals surface area contributed by atoms with Gasteiger partial charge in [0.05, 0.1) is 33.3 Å². The number of nitrogens with one attached hydrogen (secondary N) is 1. The molecule has 1 N–H and O–H groups in total. The van der Waals surface area contributed by atoms with E-state index < -0.39 is 0 Å². The summed E-state index contributed by atoms with van der Waals surface area (Å²) >= 11 is 0. The predicted molar refractivity (Wildman–Crippen MR) is 116 cm³/mol. The number of amides is 1. The molecular formula is C24H28N2O4. The molecule has 0 aliphatic heterocycles. The third-order valence-electron chi connectivity index (χ3n) is 4.88. The van der Waals surface area contributed by atoms with Gasteiger partial charge < -0.3 is 24.1 Å². The highest BCUT2D eigenvalue weighted by atomic mass is 16.5. The Labute approximate surface area is 177 Å². The van der Waals surface area contributed by atoms with Crippen LogP contribution in [0.15, 0.2) is 67.0 Å². The number of methoxy groups -OCH3 is 2. The molecule has 6 heteroatoms. The van der Waals surface area contributed by atoms with E-state index in [1.165, 1.54) is 0 Å². The van der Waals surface area contributed by atoms with Gasteiger partial charge in [-0.05, 0) is 54.4 Å². The van der Waals surface area contributed by atoms with E-state index >= 15 is 0 Å². The van der Waals surface area contributed by atoms with Crippen molar-refractivity contribution in [2.75, 3.05) is 20.8 Å². The van der Waals surface area contributed by atoms with Crippen molar-refractivity contribution in [2.45, 2.75) is 25.9 Å². The summed E-state index contributed by atoms with van der Waals surface area (Å²) < 4.78 is 18.2. The lowest BCUT2D eigenvalue weighted by Crippen LogP contribution is -2.26. The van der Waals surface area contributed by atoms with E-state index in [1.807, 2.05) is 78.5 Å². The SMILES string of the molecule is CCOc1ccc(CNC(=O)CC(c2ccc(OC)cc2)n2cccc2)cc1OC. The maximum Gasteiger partial charge on any atom is 0.222 e. The van der Waals surface area contributed by atoms with Gasteiger partial charge in [0.2, 0.25) is 5.91 Å². The van der Waals surface area contributed by atoms with Crippen molar-refractivity contribution >= 4 is 5.91 Å². The first-order valence-corrected chi connectivity index (χ1v) is 9.97. The zero-order chi connectivity index (χ0) is 21.3. The van der Waals surface area contributed by atoms with Crippen molar-refractivity contribution in [2.24, 2.45) is 0 Å². The van der Waals surface area contributed by atoms with Crippen LogP contribution in [0.25, 0.3) is 0 Å². The molecule has 1 heterocycles. The zero-order valence-corrected chi connectivity index (χ0v) is 17.6. The van der Waals surface area contributed by atoms with Gasteiger partial charge in [0.15, 0.2) is 11.5 Å². The van der Waals surface area contributed by atoms with Crippen LogP contribution in [0, 0.1) is 0 Å². The van der Waals surface area contributed by atoms with Crippen molar-refractivity contribution in [3.05, 3.63) is 78.1 Å². The second kappa shape index (κ2) is 10.4. The van der Waals surface area contributed by atoms with Crippen LogP contribution in [-0.2, 0) is 11.3 Å². The summed E-state index contributed by atoms with van der Waals surface area (Å²) in [5.41, 5.74) is 2.00. The number of aromatic nitrogens is 1. The van der Waals surface area contributed by atoms with Gasteiger partial charge in [-0.2, -0.15) is 0 Å². The van der Waals surface area contributed by atoms with Crippen LogP contribution in [0.5, 0.6) is 17.2 Å². The van der Waals surface area contributed by atoms with Gasteiger partial charge in [-0.3, -0.25) is 4.79 Å². The molecule has 30 heavy (non-hydrogen) atoms. The third-order valence-corrected chi connectivity index (χ3v) is 4.88. The summed E-state index contributed by atoms with van der Waals surface area (Å²) in [6.45, 7) is 2.92. The van der Waals surface area contributed by atoms with Gasteiger partial charge in [-0.1, -0.05) is 18.2 Å². The maximum absolute atomic E-state index is 12.7. The quantitative estimate of drug-likeness (QED) is 0.546. The molecule has 158 valence electrons. The number of ether oxygens (including phenoxy) is 3. The molecule has 0 saturated carbocycles. The highest BCUT2D eigenvalue weighted by molar-refractivity contribution is 5.77. The fourth-order valence-corrected chi connectivity index (χ4v) is 3.32. The fourth-order valence-electron chi connectivity index (χ4n) is 3.32. The van der Waals surface area contributed by atoms with Gasteiger partial charge in [0, 0.05) is 18.9 Å². The highest BCUT2D eigenvalue weighted by Gasteiger charge is 2.17. The normalized spacial score (nSPS) is 11.6. The van der Waals surface area contributed by atoms with Gasteiger partial charge in [0.1, 0.15) is 5.75 Å². The molecule has 3 aromatic rings. The maximum atomic E-state index is 12.7. The zero-order valence-electron chi connectivity index (χ0n) is 17.6. The van der Waals surface area contributed by atoms with Crippen molar-refractivity contribution < 1.29 is 19.0 Å². The summed E-state index contributed by atoms with van der Waals surface area (Å²) in [7, 11) is 3.25.